The molecule has 0 aliphatic carbocycles. The third kappa shape index (κ3) is 4.35. The fourth-order valence-corrected chi connectivity index (χ4v) is 3.63. The molecule has 0 saturated carbocycles. The Morgan fingerprint density at radius 3 is 1.71 bits per heavy atom. The van der Waals surface area contributed by atoms with E-state index < -0.39 is 0 Å². The molecular formula is C31H22. The van der Waals surface area contributed by atoms with Crippen LogP contribution >= 0.6 is 0 Å². The SMILES string of the molecule is C=C/C=C(C#Cc1c2ccccc2c(C#Cc2ccccc2)c2ccccc12)\C=C/C. The van der Waals surface area contributed by atoms with Crippen LogP contribution in [0, 0.1) is 23.7 Å². The van der Waals surface area contributed by atoms with Gasteiger partial charge in [-0.2, -0.15) is 0 Å². The molecule has 0 heteroatoms. The lowest BCUT2D eigenvalue weighted by atomic mass is 9.92. The summed E-state index contributed by atoms with van der Waals surface area (Å²) in [5.41, 5.74) is 4.00. The van der Waals surface area contributed by atoms with Crippen molar-refractivity contribution < 1.29 is 0 Å². The lowest BCUT2D eigenvalue weighted by Crippen LogP contribution is -1.90. The number of hydrogen-bond acceptors (Lipinski definition) is 0. The molecule has 0 fully saturated rings. The van der Waals surface area contributed by atoms with Gasteiger partial charge in [0.1, 0.15) is 0 Å². The molecule has 4 aromatic rings. The van der Waals surface area contributed by atoms with E-state index in [2.05, 4.69) is 78.8 Å². The minimum Gasteiger partial charge on any atom is -0.0990 e. The van der Waals surface area contributed by atoms with E-state index in [4.69, 9.17) is 0 Å². The van der Waals surface area contributed by atoms with Crippen molar-refractivity contribution in [3.05, 3.63) is 132 Å². The van der Waals surface area contributed by atoms with Crippen molar-refractivity contribution in [1.82, 2.24) is 0 Å². The maximum atomic E-state index is 3.80. The van der Waals surface area contributed by atoms with Crippen LogP contribution < -0.4 is 0 Å². The van der Waals surface area contributed by atoms with E-state index in [-0.39, 0.29) is 0 Å². The molecular weight excluding hydrogens is 372 g/mol. The minimum absolute atomic E-state index is 0.929. The summed E-state index contributed by atoms with van der Waals surface area (Å²) in [6.45, 7) is 5.79. The maximum absolute atomic E-state index is 3.80. The second kappa shape index (κ2) is 9.49. The first-order chi connectivity index (χ1) is 15.3. The zero-order valence-corrected chi connectivity index (χ0v) is 17.5. The molecule has 0 amide bonds. The highest BCUT2D eigenvalue weighted by molar-refractivity contribution is 6.09. The van der Waals surface area contributed by atoms with Gasteiger partial charge in [0.2, 0.25) is 0 Å². The fraction of sp³-hybridized carbons (Fsp3) is 0.0323. The van der Waals surface area contributed by atoms with E-state index >= 15 is 0 Å². The van der Waals surface area contributed by atoms with Crippen molar-refractivity contribution in [2.45, 2.75) is 6.92 Å². The summed E-state index contributed by atoms with van der Waals surface area (Å²) in [4.78, 5) is 0. The number of benzene rings is 4. The van der Waals surface area contributed by atoms with Crippen LogP contribution in [-0.2, 0) is 0 Å². The third-order valence-electron chi connectivity index (χ3n) is 5.01. The number of hydrogen-bond donors (Lipinski definition) is 0. The molecule has 146 valence electrons. The molecule has 0 aliphatic heterocycles. The van der Waals surface area contributed by atoms with Crippen LogP contribution in [0.1, 0.15) is 23.6 Å². The van der Waals surface area contributed by atoms with E-state index in [1.54, 1.807) is 6.08 Å². The fourth-order valence-electron chi connectivity index (χ4n) is 3.63. The quantitative estimate of drug-likeness (QED) is 0.188. The van der Waals surface area contributed by atoms with Gasteiger partial charge in [-0.05, 0) is 46.7 Å². The molecule has 31 heavy (non-hydrogen) atoms. The lowest BCUT2D eigenvalue weighted by molar-refractivity contribution is 1.64. The normalized spacial score (nSPS) is 11.1. The van der Waals surface area contributed by atoms with E-state index in [1.807, 2.05) is 55.5 Å². The summed E-state index contributed by atoms with van der Waals surface area (Å²) in [5.74, 6) is 13.5. The van der Waals surface area contributed by atoms with Crippen LogP contribution in [0.25, 0.3) is 21.5 Å². The first-order valence-corrected chi connectivity index (χ1v) is 10.3. The van der Waals surface area contributed by atoms with Crippen LogP contribution in [0.15, 0.2) is 115 Å². The topological polar surface area (TPSA) is 0 Å². The van der Waals surface area contributed by atoms with Gasteiger partial charge in [0.05, 0.1) is 0 Å². The molecule has 0 aliphatic rings. The predicted octanol–water partition coefficient (Wildman–Crippen LogP) is 7.43. The molecule has 0 saturated heterocycles. The molecule has 0 spiro atoms. The van der Waals surface area contributed by atoms with E-state index in [9.17, 15) is 0 Å². The van der Waals surface area contributed by atoms with Gasteiger partial charge in [-0.1, -0.05) is 115 Å². The van der Waals surface area contributed by atoms with Gasteiger partial charge in [-0.15, -0.1) is 0 Å². The minimum atomic E-state index is 0.929. The molecule has 0 N–H and O–H groups in total. The van der Waals surface area contributed by atoms with Gasteiger partial charge >= 0.3 is 0 Å². The summed E-state index contributed by atoms with van der Waals surface area (Å²) in [5, 5.41) is 4.47. The van der Waals surface area contributed by atoms with Crippen LogP contribution in [0.3, 0.4) is 0 Å². The van der Waals surface area contributed by atoms with Gasteiger partial charge in [0.15, 0.2) is 0 Å². The first kappa shape index (κ1) is 20.0. The van der Waals surface area contributed by atoms with Crippen LogP contribution in [0.5, 0.6) is 0 Å². The Bertz CT molecular complexity index is 1380. The number of rotatable bonds is 2. The Morgan fingerprint density at radius 1 is 0.677 bits per heavy atom. The van der Waals surface area contributed by atoms with Crippen molar-refractivity contribution in [3.63, 3.8) is 0 Å². The van der Waals surface area contributed by atoms with Gasteiger partial charge < -0.3 is 0 Å². The molecule has 0 aromatic heterocycles. The summed E-state index contributed by atoms with van der Waals surface area (Å²) in [6.07, 6.45) is 7.68. The Balaban J connectivity index is 2.01. The average molecular weight is 395 g/mol. The van der Waals surface area contributed by atoms with Crippen molar-refractivity contribution in [2.24, 2.45) is 0 Å². The van der Waals surface area contributed by atoms with E-state index in [0.29, 0.717) is 0 Å². The summed E-state index contributed by atoms with van der Waals surface area (Å²) < 4.78 is 0. The van der Waals surface area contributed by atoms with Crippen LogP contribution in [0.2, 0.25) is 0 Å². The zero-order valence-electron chi connectivity index (χ0n) is 17.5. The highest BCUT2D eigenvalue weighted by Crippen LogP contribution is 2.32. The highest BCUT2D eigenvalue weighted by atomic mass is 14.1. The number of allylic oxidation sites excluding steroid dienone is 5. The second-order valence-corrected chi connectivity index (χ2v) is 7.06. The largest absolute Gasteiger partial charge is 0.0990 e. The molecule has 0 heterocycles. The highest BCUT2D eigenvalue weighted by Gasteiger charge is 2.11. The Hall–Kier alpha value is -4.26. The van der Waals surface area contributed by atoms with Crippen LogP contribution in [0.4, 0.5) is 0 Å². The van der Waals surface area contributed by atoms with Crippen molar-refractivity contribution >= 4 is 21.5 Å². The van der Waals surface area contributed by atoms with E-state index in [1.165, 1.54) is 0 Å². The van der Waals surface area contributed by atoms with Crippen molar-refractivity contribution in [3.8, 4) is 23.7 Å². The van der Waals surface area contributed by atoms with Gasteiger partial charge in [0.25, 0.3) is 0 Å². The lowest BCUT2D eigenvalue weighted by Gasteiger charge is -2.10. The monoisotopic (exact) mass is 394 g/mol. The van der Waals surface area contributed by atoms with Crippen molar-refractivity contribution in [1.29, 1.82) is 0 Å². The molecule has 0 bridgehead atoms. The standard InChI is InChI=1S/C31H22/c1-3-12-24(13-4-2)20-22-30-26-16-8-10-18-28(26)31(29-19-11-9-17-27(29)30)23-21-25-14-6-5-7-15-25/h3-19H,1H2,2H3/b13-4-,24-12+. The van der Waals surface area contributed by atoms with Gasteiger partial charge in [-0.25, -0.2) is 0 Å². The average Bonchev–Trinajstić information content (AvgIpc) is 2.82. The summed E-state index contributed by atoms with van der Waals surface area (Å²) >= 11 is 0. The first-order valence-electron chi connectivity index (χ1n) is 10.3. The molecule has 4 aromatic carbocycles. The Morgan fingerprint density at radius 2 is 1.19 bits per heavy atom. The predicted molar refractivity (Wildman–Crippen MR) is 134 cm³/mol. The van der Waals surface area contributed by atoms with Crippen LogP contribution in [-0.4, -0.2) is 0 Å². The molecule has 0 unspecified atom stereocenters. The van der Waals surface area contributed by atoms with Crippen molar-refractivity contribution in [2.75, 3.05) is 0 Å². The molecule has 4 rings (SSSR count). The number of fused-ring (bicyclic) bond motifs is 2. The third-order valence-corrected chi connectivity index (χ3v) is 5.01. The second-order valence-electron chi connectivity index (χ2n) is 7.06. The van der Waals surface area contributed by atoms with Gasteiger partial charge in [-0.3, -0.25) is 0 Å². The maximum Gasteiger partial charge on any atom is 0.0406 e. The Kier molecular flexibility index (Phi) is 6.13. The summed E-state index contributed by atoms with van der Waals surface area (Å²) in [7, 11) is 0. The summed E-state index contributed by atoms with van der Waals surface area (Å²) in [6, 6.07) is 26.9. The smallest absolute Gasteiger partial charge is 0.0406 e. The van der Waals surface area contributed by atoms with E-state index in [0.717, 1.165) is 43.8 Å². The Labute approximate surface area is 184 Å². The molecule has 0 nitrogen and oxygen atoms in total. The zero-order chi connectivity index (χ0) is 21.5. The van der Waals surface area contributed by atoms with Gasteiger partial charge in [0, 0.05) is 22.3 Å². The molecule has 0 radical (unpaired) electrons. The molecule has 0 atom stereocenters.